The third-order valence-corrected chi connectivity index (χ3v) is 3.90. The van der Waals surface area contributed by atoms with Crippen LogP contribution in [-0.4, -0.2) is 41.4 Å². The van der Waals surface area contributed by atoms with Gasteiger partial charge in [0.2, 0.25) is 0 Å². The molecule has 0 saturated carbocycles. The first-order valence-electron chi connectivity index (χ1n) is 6.61. The Morgan fingerprint density at radius 3 is 2.95 bits per heavy atom. The van der Waals surface area contributed by atoms with Gasteiger partial charge in [-0.25, -0.2) is 4.63 Å². The summed E-state index contributed by atoms with van der Waals surface area (Å²) >= 11 is 0. The molecule has 3 N–H and O–H groups in total. The van der Waals surface area contributed by atoms with E-state index in [1.807, 2.05) is 12.1 Å². The molecule has 1 saturated heterocycles. The number of anilines is 2. The van der Waals surface area contributed by atoms with Crippen molar-refractivity contribution >= 4 is 22.4 Å². The third-order valence-electron chi connectivity index (χ3n) is 3.90. The van der Waals surface area contributed by atoms with Gasteiger partial charge < -0.3 is 16.0 Å². The number of likely N-dealkylation sites (tertiary alicyclic amines) is 1. The van der Waals surface area contributed by atoms with Crippen molar-refractivity contribution in [3.05, 3.63) is 12.1 Å². The van der Waals surface area contributed by atoms with Gasteiger partial charge in [0.1, 0.15) is 0 Å². The lowest BCUT2D eigenvalue weighted by molar-refractivity contribution is 0.206. The number of hydrogen-bond acceptors (Lipinski definition) is 6. The highest BCUT2D eigenvalue weighted by Gasteiger charge is 2.25. The average Bonchev–Trinajstić information content (AvgIpc) is 2.86. The standard InChI is InChI=1S/C13H19N5O/c1-8-7-18(2)6-5-10(8)15-11-4-3-9(14)12-13(11)17-19-16-12/h3-4,8,10,15H,5-7,14H2,1-2H3. The molecule has 2 atom stereocenters. The Morgan fingerprint density at radius 2 is 2.16 bits per heavy atom. The number of nitrogen functional groups attached to an aromatic ring is 1. The summed E-state index contributed by atoms with van der Waals surface area (Å²) in [4.78, 5) is 2.36. The molecule has 102 valence electrons. The molecule has 2 heterocycles. The maximum Gasteiger partial charge on any atom is 0.160 e. The lowest BCUT2D eigenvalue weighted by atomic mass is 9.94. The Labute approximate surface area is 111 Å². The van der Waals surface area contributed by atoms with Gasteiger partial charge >= 0.3 is 0 Å². The Hall–Kier alpha value is -1.82. The molecule has 1 aromatic heterocycles. The van der Waals surface area contributed by atoms with E-state index in [1.165, 1.54) is 0 Å². The van der Waals surface area contributed by atoms with Crippen LogP contribution in [0.3, 0.4) is 0 Å². The Morgan fingerprint density at radius 1 is 1.37 bits per heavy atom. The van der Waals surface area contributed by atoms with Gasteiger partial charge in [-0.3, -0.25) is 0 Å². The highest BCUT2D eigenvalue weighted by molar-refractivity contribution is 5.95. The molecular weight excluding hydrogens is 242 g/mol. The van der Waals surface area contributed by atoms with Gasteiger partial charge in [-0.1, -0.05) is 6.92 Å². The molecule has 0 bridgehead atoms. The van der Waals surface area contributed by atoms with Crippen LogP contribution >= 0.6 is 0 Å². The van der Waals surface area contributed by atoms with Crippen LogP contribution in [0.15, 0.2) is 16.8 Å². The molecule has 3 rings (SSSR count). The molecule has 6 nitrogen and oxygen atoms in total. The smallest absolute Gasteiger partial charge is 0.160 e. The van der Waals surface area contributed by atoms with Crippen LogP contribution in [0, 0.1) is 5.92 Å². The first-order valence-corrected chi connectivity index (χ1v) is 6.61. The lowest BCUT2D eigenvalue weighted by Gasteiger charge is -2.35. The summed E-state index contributed by atoms with van der Waals surface area (Å²) in [7, 11) is 2.16. The zero-order chi connectivity index (χ0) is 13.4. The number of nitrogens with one attached hydrogen (secondary N) is 1. The Bertz CT molecular complexity index is 581. The number of nitrogens with two attached hydrogens (primary N) is 1. The van der Waals surface area contributed by atoms with Crippen molar-refractivity contribution in [2.75, 3.05) is 31.2 Å². The number of piperidine rings is 1. The molecule has 6 heteroatoms. The molecular formula is C13H19N5O. The highest BCUT2D eigenvalue weighted by atomic mass is 16.6. The van der Waals surface area contributed by atoms with Crippen molar-refractivity contribution in [3.8, 4) is 0 Å². The summed E-state index contributed by atoms with van der Waals surface area (Å²) < 4.78 is 4.79. The molecule has 1 aliphatic rings. The van der Waals surface area contributed by atoms with Crippen LogP contribution in [-0.2, 0) is 0 Å². The molecule has 0 amide bonds. The highest BCUT2D eigenvalue weighted by Crippen LogP contribution is 2.28. The van der Waals surface area contributed by atoms with E-state index in [2.05, 4.69) is 34.5 Å². The van der Waals surface area contributed by atoms with Crippen molar-refractivity contribution in [3.63, 3.8) is 0 Å². The number of fused-ring (bicyclic) bond motifs is 1. The summed E-state index contributed by atoms with van der Waals surface area (Å²) in [5.74, 6) is 0.589. The van der Waals surface area contributed by atoms with E-state index < -0.39 is 0 Å². The molecule has 0 aliphatic carbocycles. The summed E-state index contributed by atoms with van der Waals surface area (Å²) in [6.07, 6.45) is 1.12. The van der Waals surface area contributed by atoms with E-state index in [0.29, 0.717) is 28.7 Å². The van der Waals surface area contributed by atoms with Crippen molar-refractivity contribution in [2.45, 2.75) is 19.4 Å². The van der Waals surface area contributed by atoms with Crippen molar-refractivity contribution < 1.29 is 4.63 Å². The van der Waals surface area contributed by atoms with Gasteiger partial charge in [0.25, 0.3) is 0 Å². The number of rotatable bonds is 2. The topological polar surface area (TPSA) is 80.2 Å². The van der Waals surface area contributed by atoms with Crippen molar-refractivity contribution in [1.82, 2.24) is 15.2 Å². The van der Waals surface area contributed by atoms with E-state index in [4.69, 9.17) is 10.4 Å². The molecule has 2 unspecified atom stereocenters. The van der Waals surface area contributed by atoms with Gasteiger partial charge in [-0.05, 0) is 48.4 Å². The van der Waals surface area contributed by atoms with E-state index in [1.54, 1.807) is 0 Å². The molecule has 1 aliphatic heterocycles. The third kappa shape index (κ3) is 2.23. The second kappa shape index (κ2) is 4.70. The quantitative estimate of drug-likeness (QED) is 0.798. The molecule has 1 fully saturated rings. The maximum atomic E-state index is 5.85. The predicted molar refractivity (Wildman–Crippen MR) is 74.9 cm³/mol. The largest absolute Gasteiger partial charge is 0.397 e. The summed E-state index contributed by atoms with van der Waals surface area (Å²) in [6.45, 7) is 4.48. The SMILES string of the molecule is CC1CN(C)CCC1Nc1ccc(N)c2nonc12. The van der Waals surface area contributed by atoms with Gasteiger partial charge in [0, 0.05) is 12.6 Å². The summed E-state index contributed by atoms with van der Waals surface area (Å²) in [5.41, 5.74) is 8.74. The Kier molecular flexibility index (Phi) is 3.02. The normalized spacial score (nSPS) is 24.7. The second-order valence-electron chi connectivity index (χ2n) is 5.44. The minimum Gasteiger partial charge on any atom is -0.397 e. The van der Waals surface area contributed by atoms with E-state index in [0.717, 1.165) is 25.2 Å². The van der Waals surface area contributed by atoms with E-state index in [-0.39, 0.29) is 0 Å². The number of nitrogens with zero attached hydrogens (tertiary/aromatic N) is 3. The van der Waals surface area contributed by atoms with Crippen molar-refractivity contribution in [2.24, 2.45) is 5.92 Å². The monoisotopic (exact) mass is 261 g/mol. The predicted octanol–water partition coefficient (Wildman–Crippen LogP) is 1.56. The summed E-state index contributed by atoms with van der Waals surface area (Å²) in [6, 6.07) is 4.24. The lowest BCUT2D eigenvalue weighted by Crippen LogP contribution is -2.43. The van der Waals surface area contributed by atoms with Gasteiger partial charge in [-0.15, -0.1) is 0 Å². The number of hydrogen-bond donors (Lipinski definition) is 2. The van der Waals surface area contributed by atoms with Gasteiger partial charge in [0.05, 0.1) is 11.4 Å². The molecule has 0 spiro atoms. The van der Waals surface area contributed by atoms with Crippen LogP contribution in [0.25, 0.3) is 11.0 Å². The first-order chi connectivity index (χ1) is 9.15. The van der Waals surface area contributed by atoms with Gasteiger partial charge in [0.15, 0.2) is 11.0 Å². The number of benzene rings is 1. The van der Waals surface area contributed by atoms with E-state index in [9.17, 15) is 0 Å². The number of aromatic nitrogens is 2. The molecule has 0 radical (unpaired) electrons. The van der Waals surface area contributed by atoms with Crippen LogP contribution < -0.4 is 11.1 Å². The second-order valence-corrected chi connectivity index (χ2v) is 5.44. The van der Waals surface area contributed by atoms with Crippen molar-refractivity contribution in [1.29, 1.82) is 0 Å². The fourth-order valence-corrected chi connectivity index (χ4v) is 2.77. The maximum absolute atomic E-state index is 5.85. The van der Waals surface area contributed by atoms with E-state index >= 15 is 0 Å². The van der Waals surface area contributed by atoms with Gasteiger partial charge in [-0.2, -0.15) is 0 Å². The minimum absolute atomic E-state index is 0.444. The molecule has 2 aromatic rings. The summed E-state index contributed by atoms with van der Waals surface area (Å²) in [5, 5.41) is 11.4. The van der Waals surface area contributed by atoms with Crippen LogP contribution in [0.1, 0.15) is 13.3 Å². The molecule has 1 aromatic carbocycles. The Balaban J connectivity index is 1.85. The average molecular weight is 261 g/mol. The zero-order valence-corrected chi connectivity index (χ0v) is 11.3. The van der Waals surface area contributed by atoms with Crippen LogP contribution in [0.4, 0.5) is 11.4 Å². The van der Waals surface area contributed by atoms with Crippen LogP contribution in [0.2, 0.25) is 0 Å². The zero-order valence-electron chi connectivity index (χ0n) is 11.3. The minimum atomic E-state index is 0.444. The molecule has 19 heavy (non-hydrogen) atoms. The first kappa shape index (κ1) is 12.2. The van der Waals surface area contributed by atoms with Crippen LogP contribution in [0.5, 0.6) is 0 Å². The fourth-order valence-electron chi connectivity index (χ4n) is 2.77. The fraction of sp³-hybridized carbons (Fsp3) is 0.538.